The molecule has 0 atom stereocenters. The summed E-state index contributed by atoms with van der Waals surface area (Å²) in [6.07, 6.45) is 3.68. The van der Waals surface area contributed by atoms with Gasteiger partial charge >= 0.3 is 6.09 Å². The van der Waals surface area contributed by atoms with Crippen molar-refractivity contribution < 1.29 is 19.7 Å². The molecule has 2 N–H and O–H groups in total. The van der Waals surface area contributed by atoms with Gasteiger partial charge < -0.3 is 19.8 Å². The summed E-state index contributed by atoms with van der Waals surface area (Å²) in [4.78, 5) is 16.4. The maximum absolute atomic E-state index is 10.9. The van der Waals surface area contributed by atoms with Gasteiger partial charge in [-0.3, -0.25) is 4.98 Å². The van der Waals surface area contributed by atoms with Gasteiger partial charge in [-0.2, -0.15) is 0 Å². The van der Waals surface area contributed by atoms with E-state index in [1.165, 1.54) is 4.90 Å². The molecule has 19 heavy (non-hydrogen) atoms. The predicted molar refractivity (Wildman–Crippen MR) is 67.8 cm³/mol. The smallest absolute Gasteiger partial charge is 0.407 e. The van der Waals surface area contributed by atoms with Crippen molar-refractivity contribution in [1.29, 1.82) is 0 Å². The quantitative estimate of drug-likeness (QED) is 0.851. The van der Waals surface area contributed by atoms with Gasteiger partial charge in [-0.1, -0.05) is 6.07 Å². The lowest BCUT2D eigenvalue weighted by Crippen LogP contribution is -2.46. The largest absolute Gasteiger partial charge is 0.465 e. The van der Waals surface area contributed by atoms with Gasteiger partial charge in [0, 0.05) is 31.0 Å². The average molecular weight is 266 g/mol. The Morgan fingerprint density at radius 3 is 2.74 bits per heavy atom. The summed E-state index contributed by atoms with van der Waals surface area (Å²) in [6, 6.07) is 3.77. The molecule has 2 heterocycles. The minimum atomic E-state index is -0.901. The molecule has 0 saturated carbocycles. The topological polar surface area (TPSA) is 82.9 Å². The van der Waals surface area contributed by atoms with Crippen LogP contribution in [0.1, 0.15) is 18.4 Å². The molecule has 0 radical (unpaired) electrons. The van der Waals surface area contributed by atoms with Gasteiger partial charge in [0.25, 0.3) is 0 Å². The molecule has 1 fully saturated rings. The summed E-state index contributed by atoms with van der Waals surface area (Å²) < 4.78 is 5.82. The average Bonchev–Trinajstić information content (AvgIpc) is 2.46. The number of hydrogen-bond donors (Lipinski definition) is 2. The Labute approximate surface area is 111 Å². The molecule has 1 aromatic heterocycles. The molecule has 0 spiro atoms. The van der Waals surface area contributed by atoms with E-state index in [1.807, 2.05) is 12.1 Å². The number of rotatable bonds is 4. The molecule has 1 aromatic rings. The molecule has 6 heteroatoms. The number of carbonyl (C=O) groups is 1. The van der Waals surface area contributed by atoms with E-state index in [0.29, 0.717) is 25.9 Å². The van der Waals surface area contributed by atoms with Crippen molar-refractivity contribution in [2.45, 2.75) is 18.4 Å². The maximum Gasteiger partial charge on any atom is 0.407 e. The highest BCUT2D eigenvalue weighted by Gasteiger charge is 2.38. The number of carboxylic acid groups (broad SMARTS) is 1. The molecule has 0 aromatic carbocycles. The molecule has 6 nitrogen and oxygen atoms in total. The van der Waals surface area contributed by atoms with Gasteiger partial charge in [-0.15, -0.1) is 0 Å². The predicted octanol–water partition coefficient (Wildman–Crippen LogP) is 1.06. The zero-order valence-electron chi connectivity index (χ0n) is 10.7. The molecule has 1 amide bonds. The van der Waals surface area contributed by atoms with Crippen LogP contribution >= 0.6 is 0 Å². The monoisotopic (exact) mass is 266 g/mol. The molecule has 0 unspecified atom stereocenters. The molecular weight excluding hydrogens is 248 g/mol. The first-order chi connectivity index (χ1) is 9.18. The number of likely N-dealkylation sites (tertiary alicyclic amines) is 1. The Bertz CT molecular complexity index is 416. The molecule has 1 aliphatic heterocycles. The first-order valence-electron chi connectivity index (χ1n) is 6.31. The van der Waals surface area contributed by atoms with Crippen LogP contribution in [0.15, 0.2) is 24.5 Å². The fourth-order valence-corrected chi connectivity index (χ4v) is 2.45. The molecule has 104 valence electrons. The van der Waals surface area contributed by atoms with Crippen LogP contribution < -0.4 is 0 Å². The third-order valence-electron chi connectivity index (χ3n) is 3.50. The number of amides is 1. The van der Waals surface area contributed by atoms with Crippen LogP contribution in [0.2, 0.25) is 0 Å². The number of aromatic nitrogens is 1. The molecule has 0 aliphatic carbocycles. The third kappa shape index (κ3) is 3.02. The van der Waals surface area contributed by atoms with Crippen molar-refractivity contribution in [3.8, 4) is 0 Å². The van der Waals surface area contributed by atoms with Gasteiger partial charge in [0.15, 0.2) is 0 Å². The number of pyridine rings is 1. The Morgan fingerprint density at radius 2 is 2.21 bits per heavy atom. The summed E-state index contributed by atoms with van der Waals surface area (Å²) in [5, 5.41) is 17.9. The standard InChI is InChI=1S/C13H18N2O4/c16-8-9-19-13(11-2-1-5-14-10-11)3-6-15(7-4-13)12(17)18/h1-2,5,10,16H,3-4,6-9H2,(H,17,18). The molecule has 0 bridgehead atoms. The number of aliphatic hydroxyl groups excluding tert-OH is 1. The van der Waals surface area contributed by atoms with E-state index in [4.69, 9.17) is 14.9 Å². The second-order valence-corrected chi connectivity index (χ2v) is 4.58. The van der Waals surface area contributed by atoms with E-state index >= 15 is 0 Å². The number of hydrogen-bond acceptors (Lipinski definition) is 4. The fourth-order valence-electron chi connectivity index (χ4n) is 2.45. The highest BCUT2D eigenvalue weighted by Crippen LogP contribution is 2.36. The van der Waals surface area contributed by atoms with Crippen LogP contribution in [0.4, 0.5) is 4.79 Å². The normalized spacial score (nSPS) is 18.3. The van der Waals surface area contributed by atoms with Gasteiger partial charge in [-0.25, -0.2) is 4.79 Å². The number of nitrogens with zero attached hydrogens (tertiary/aromatic N) is 2. The first kappa shape index (κ1) is 13.8. The van der Waals surface area contributed by atoms with Crippen LogP contribution in [-0.4, -0.2) is 52.5 Å². The lowest BCUT2D eigenvalue weighted by Gasteiger charge is -2.40. The Balaban J connectivity index is 2.16. The highest BCUT2D eigenvalue weighted by atomic mass is 16.5. The second-order valence-electron chi connectivity index (χ2n) is 4.58. The summed E-state index contributed by atoms with van der Waals surface area (Å²) in [5.41, 5.74) is 0.400. The minimum absolute atomic E-state index is 0.0509. The fraction of sp³-hybridized carbons (Fsp3) is 0.538. The van der Waals surface area contributed by atoms with Crippen molar-refractivity contribution in [2.24, 2.45) is 0 Å². The molecule has 1 aliphatic rings. The maximum atomic E-state index is 10.9. The van der Waals surface area contributed by atoms with E-state index in [-0.39, 0.29) is 13.2 Å². The van der Waals surface area contributed by atoms with Crippen LogP contribution in [0, 0.1) is 0 Å². The van der Waals surface area contributed by atoms with E-state index in [2.05, 4.69) is 4.98 Å². The van der Waals surface area contributed by atoms with Crippen molar-refractivity contribution in [1.82, 2.24) is 9.88 Å². The van der Waals surface area contributed by atoms with E-state index < -0.39 is 11.7 Å². The zero-order chi connectivity index (χ0) is 13.7. The lowest BCUT2D eigenvalue weighted by atomic mass is 9.85. The van der Waals surface area contributed by atoms with Crippen LogP contribution in [0.25, 0.3) is 0 Å². The lowest BCUT2D eigenvalue weighted by molar-refractivity contribution is -0.0952. The SMILES string of the molecule is O=C(O)N1CCC(OCCO)(c2cccnc2)CC1. The summed E-state index contributed by atoms with van der Waals surface area (Å²) >= 11 is 0. The Hall–Kier alpha value is -1.66. The number of ether oxygens (including phenoxy) is 1. The summed E-state index contributed by atoms with van der Waals surface area (Å²) in [5.74, 6) is 0. The van der Waals surface area contributed by atoms with E-state index in [0.717, 1.165) is 5.56 Å². The van der Waals surface area contributed by atoms with Crippen molar-refractivity contribution in [2.75, 3.05) is 26.3 Å². The molecule has 1 saturated heterocycles. The van der Waals surface area contributed by atoms with Gasteiger partial charge in [-0.05, 0) is 18.9 Å². The Morgan fingerprint density at radius 1 is 1.47 bits per heavy atom. The number of piperidine rings is 1. The highest BCUT2D eigenvalue weighted by molar-refractivity contribution is 5.65. The first-order valence-corrected chi connectivity index (χ1v) is 6.31. The van der Waals surface area contributed by atoms with E-state index in [1.54, 1.807) is 12.4 Å². The van der Waals surface area contributed by atoms with Crippen LogP contribution in [0.5, 0.6) is 0 Å². The molecule has 2 rings (SSSR count). The van der Waals surface area contributed by atoms with Crippen molar-refractivity contribution in [3.05, 3.63) is 30.1 Å². The van der Waals surface area contributed by atoms with Gasteiger partial charge in [0.05, 0.1) is 18.8 Å². The zero-order valence-corrected chi connectivity index (χ0v) is 10.7. The second kappa shape index (κ2) is 5.99. The van der Waals surface area contributed by atoms with Crippen molar-refractivity contribution in [3.63, 3.8) is 0 Å². The third-order valence-corrected chi connectivity index (χ3v) is 3.50. The van der Waals surface area contributed by atoms with Gasteiger partial charge in [0.1, 0.15) is 0 Å². The van der Waals surface area contributed by atoms with E-state index in [9.17, 15) is 4.79 Å². The summed E-state index contributed by atoms with van der Waals surface area (Å²) in [7, 11) is 0. The minimum Gasteiger partial charge on any atom is -0.465 e. The van der Waals surface area contributed by atoms with Gasteiger partial charge in [0.2, 0.25) is 0 Å². The van der Waals surface area contributed by atoms with Crippen molar-refractivity contribution >= 4 is 6.09 Å². The number of aliphatic hydroxyl groups is 1. The van der Waals surface area contributed by atoms with Crippen LogP contribution in [-0.2, 0) is 10.3 Å². The summed E-state index contributed by atoms with van der Waals surface area (Å²) in [6.45, 7) is 1.04. The van der Waals surface area contributed by atoms with Crippen LogP contribution in [0.3, 0.4) is 0 Å². The molecular formula is C13H18N2O4. The Kier molecular flexibility index (Phi) is 4.34.